The van der Waals surface area contributed by atoms with Crippen LogP contribution in [-0.4, -0.2) is 17.1 Å². The fraction of sp³-hybridized carbons (Fsp3) is 0.350. The van der Waals surface area contributed by atoms with Crippen molar-refractivity contribution in [1.82, 2.24) is 5.32 Å². The first-order valence-electron chi connectivity index (χ1n) is 8.59. The summed E-state index contributed by atoms with van der Waals surface area (Å²) in [5.41, 5.74) is 0.174. The predicted octanol–water partition coefficient (Wildman–Crippen LogP) is 4.41. The third kappa shape index (κ3) is 6.06. The van der Waals surface area contributed by atoms with Crippen LogP contribution in [-0.2, 0) is 17.4 Å². The molecule has 0 saturated carbocycles. The molecule has 1 amide bonds. The van der Waals surface area contributed by atoms with Crippen molar-refractivity contribution in [2.75, 3.05) is 0 Å². The molecule has 2 N–H and O–H groups in total. The van der Waals surface area contributed by atoms with Crippen LogP contribution in [0.4, 0.5) is 17.6 Å². The molecule has 146 valence electrons. The number of aliphatic hydroxyl groups excluding tert-OH is 1. The first kappa shape index (κ1) is 20.9. The molecule has 0 bridgehead atoms. The second-order valence-corrected chi connectivity index (χ2v) is 6.32. The van der Waals surface area contributed by atoms with Gasteiger partial charge in [-0.25, -0.2) is 4.39 Å². The average Bonchev–Trinajstić information content (AvgIpc) is 2.61. The second-order valence-electron chi connectivity index (χ2n) is 6.32. The number of amides is 1. The third-order valence-corrected chi connectivity index (χ3v) is 4.15. The molecule has 0 saturated heterocycles. The van der Waals surface area contributed by atoms with Crippen LogP contribution in [0.25, 0.3) is 0 Å². The Balaban J connectivity index is 2.21. The van der Waals surface area contributed by atoms with E-state index >= 15 is 0 Å². The summed E-state index contributed by atoms with van der Waals surface area (Å²) < 4.78 is 51.2. The smallest absolute Gasteiger partial charge is 0.386 e. The normalized spacial score (nSPS) is 13.9. The van der Waals surface area contributed by atoms with Gasteiger partial charge in [0, 0.05) is 6.42 Å². The maximum absolute atomic E-state index is 13.1. The van der Waals surface area contributed by atoms with E-state index in [0.717, 1.165) is 12.1 Å². The van der Waals surface area contributed by atoms with Gasteiger partial charge in [0.25, 0.3) is 0 Å². The molecule has 27 heavy (non-hydrogen) atoms. The molecule has 7 heteroatoms. The summed E-state index contributed by atoms with van der Waals surface area (Å²) in [4.78, 5) is 12.0. The van der Waals surface area contributed by atoms with Crippen molar-refractivity contribution in [3.8, 4) is 0 Å². The third-order valence-electron chi connectivity index (χ3n) is 4.15. The minimum absolute atomic E-state index is 0.131. The zero-order chi connectivity index (χ0) is 20.0. The standard InChI is InChI=1S/C20H21F4NO2/c1-2-3-18(26)25-17(19(27)14-6-10-16(21)11-7-14)12-13-4-8-15(9-5-13)20(22,23)24/h4-11,17,19,27H,2-3,12H2,1H3,(H,25,26). The Bertz CT molecular complexity index is 742. The fourth-order valence-corrected chi connectivity index (χ4v) is 2.72. The number of hydrogen-bond acceptors (Lipinski definition) is 2. The van der Waals surface area contributed by atoms with Gasteiger partial charge in [0.15, 0.2) is 0 Å². The number of benzene rings is 2. The van der Waals surface area contributed by atoms with E-state index in [2.05, 4.69) is 5.32 Å². The minimum Gasteiger partial charge on any atom is -0.386 e. The lowest BCUT2D eigenvalue weighted by molar-refractivity contribution is -0.137. The van der Waals surface area contributed by atoms with Gasteiger partial charge in [0.2, 0.25) is 5.91 Å². The summed E-state index contributed by atoms with van der Waals surface area (Å²) >= 11 is 0. The Labute approximate surface area is 155 Å². The number of nitrogens with one attached hydrogen (secondary N) is 1. The van der Waals surface area contributed by atoms with Crippen molar-refractivity contribution in [2.24, 2.45) is 0 Å². The minimum atomic E-state index is -4.43. The number of aliphatic hydroxyl groups is 1. The summed E-state index contributed by atoms with van der Waals surface area (Å²) in [6.45, 7) is 1.83. The molecule has 3 nitrogen and oxygen atoms in total. The van der Waals surface area contributed by atoms with Crippen molar-refractivity contribution < 1.29 is 27.5 Å². The zero-order valence-electron chi connectivity index (χ0n) is 14.8. The van der Waals surface area contributed by atoms with Gasteiger partial charge in [-0.1, -0.05) is 31.2 Å². The number of carbonyl (C=O) groups is 1. The highest BCUT2D eigenvalue weighted by Gasteiger charge is 2.30. The first-order chi connectivity index (χ1) is 12.7. The summed E-state index contributed by atoms with van der Waals surface area (Å²) in [5, 5.41) is 13.3. The van der Waals surface area contributed by atoms with E-state index in [1.807, 2.05) is 6.92 Å². The summed E-state index contributed by atoms with van der Waals surface area (Å²) in [6.07, 6.45) is -4.55. The van der Waals surface area contributed by atoms with Gasteiger partial charge in [-0.3, -0.25) is 4.79 Å². The van der Waals surface area contributed by atoms with E-state index in [0.29, 0.717) is 17.5 Å². The second kappa shape index (κ2) is 8.99. The molecule has 2 unspecified atom stereocenters. The molecule has 2 rings (SSSR count). The Morgan fingerprint density at radius 3 is 2.19 bits per heavy atom. The van der Waals surface area contributed by atoms with Crippen molar-refractivity contribution in [2.45, 2.75) is 44.5 Å². The zero-order valence-corrected chi connectivity index (χ0v) is 14.8. The van der Waals surface area contributed by atoms with Crippen LogP contribution in [0.3, 0.4) is 0 Å². The van der Waals surface area contributed by atoms with Gasteiger partial charge in [0.05, 0.1) is 17.7 Å². The van der Waals surface area contributed by atoms with Crippen LogP contribution in [0.5, 0.6) is 0 Å². The van der Waals surface area contributed by atoms with Gasteiger partial charge < -0.3 is 10.4 Å². The Morgan fingerprint density at radius 1 is 1.07 bits per heavy atom. The highest BCUT2D eigenvalue weighted by atomic mass is 19.4. The molecule has 0 heterocycles. The van der Waals surface area contributed by atoms with Crippen LogP contribution < -0.4 is 5.32 Å². The SMILES string of the molecule is CCCC(=O)NC(Cc1ccc(C(F)(F)F)cc1)C(O)c1ccc(F)cc1. The van der Waals surface area contributed by atoms with Crippen molar-refractivity contribution >= 4 is 5.91 Å². The molecule has 0 aliphatic carbocycles. The van der Waals surface area contributed by atoms with Crippen LogP contribution in [0.1, 0.15) is 42.6 Å². The van der Waals surface area contributed by atoms with E-state index in [4.69, 9.17) is 0 Å². The van der Waals surface area contributed by atoms with Crippen molar-refractivity contribution in [3.05, 3.63) is 71.0 Å². The fourth-order valence-electron chi connectivity index (χ4n) is 2.72. The molecular weight excluding hydrogens is 362 g/mol. The average molecular weight is 383 g/mol. The largest absolute Gasteiger partial charge is 0.416 e. The summed E-state index contributed by atoms with van der Waals surface area (Å²) in [6, 6.07) is 9.01. The van der Waals surface area contributed by atoms with Gasteiger partial charge in [-0.15, -0.1) is 0 Å². The van der Waals surface area contributed by atoms with Gasteiger partial charge in [-0.2, -0.15) is 13.2 Å². The van der Waals surface area contributed by atoms with Crippen molar-refractivity contribution in [3.63, 3.8) is 0 Å². The number of carbonyl (C=O) groups excluding carboxylic acids is 1. The molecule has 0 radical (unpaired) electrons. The first-order valence-corrected chi connectivity index (χ1v) is 8.59. The molecule has 2 aromatic rings. The van der Waals surface area contributed by atoms with Gasteiger partial charge in [0.1, 0.15) is 5.82 Å². The van der Waals surface area contributed by atoms with Gasteiger partial charge in [-0.05, 0) is 48.2 Å². The molecule has 0 spiro atoms. The van der Waals surface area contributed by atoms with Crippen LogP contribution in [0, 0.1) is 5.82 Å². The van der Waals surface area contributed by atoms with Crippen molar-refractivity contribution in [1.29, 1.82) is 0 Å². The summed E-state index contributed by atoms with van der Waals surface area (Å²) in [7, 11) is 0. The molecular formula is C20H21F4NO2. The van der Waals surface area contributed by atoms with Gasteiger partial charge >= 0.3 is 6.18 Å². The molecule has 2 atom stereocenters. The maximum atomic E-state index is 13.1. The van der Waals surface area contributed by atoms with E-state index in [-0.39, 0.29) is 18.7 Å². The molecule has 2 aromatic carbocycles. The topological polar surface area (TPSA) is 49.3 Å². The lowest BCUT2D eigenvalue weighted by Crippen LogP contribution is -2.40. The Hall–Kier alpha value is -2.41. The number of hydrogen-bond donors (Lipinski definition) is 2. The number of rotatable bonds is 7. The van der Waals surface area contributed by atoms with Crippen LogP contribution in [0.2, 0.25) is 0 Å². The van der Waals surface area contributed by atoms with Crippen LogP contribution in [0.15, 0.2) is 48.5 Å². The predicted molar refractivity (Wildman–Crippen MR) is 93.3 cm³/mol. The molecule has 0 aliphatic rings. The van der Waals surface area contributed by atoms with E-state index in [1.54, 1.807) is 0 Å². The summed E-state index contributed by atoms with van der Waals surface area (Å²) in [5.74, 6) is -0.726. The highest BCUT2D eigenvalue weighted by Crippen LogP contribution is 2.29. The Morgan fingerprint density at radius 2 is 1.67 bits per heavy atom. The molecule has 0 fully saturated rings. The van der Waals surface area contributed by atoms with E-state index in [9.17, 15) is 27.5 Å². The highest BCUT2D eigenvalue weighted by molar-refractivity contribution is 5.76. The number of alkyl halides is 3. The molecule has 0 aromatic heterocycles. The van der Waals surface area contributed by atoms with E-state index < -0.39 is 29.7 Å². The molecule has 0 aliphatic heterocycles. The number of halogens is 4. The monoisotopic (exact) mass is 383 g/mol. The maximum Gasteiger partial charge on any atom is 0.416 e. The van der Waals surface area contributed by atoms with Crippen LogP contribution >= 0.6 is 0 Å². The lowest BCUT2D eigenvalue weighted by atomic mass is 9.95. The quantitative estimate of drug-likeness (QED) is 0.696. The van der Waals surface area contributed by atoms with E-state index in [1.165, 1.54) is 36.4 Å². The lowest BCUT2D eigenvalue weighted by Gasteiger charge is -2.25. The Kier molecular flexibility index (Phi) is 6.96.